The summed E-state index contributed by atoms with van der Waals surface area (Å²) in [5.74, 6) is -0.239. The number of esters is 1. The minimum atomic E-state index is -0.239. The highest BCUT2D eigenvalue weighted by molar-refractivity contribution is 9.10. The van der Waals surface area contributed by atoms with E-state index in [4.69, 9.17) is 9.15 Å². The van der Waals surface area contributed by atoms with Crippen molar-refractivity contribution in [1.29, 1.82) is 0 Å². The van der Waals surface area contributed by atoms with E-state index in [0.29, 0.717) is 11.3 Å². The van der Waals surface area contributed by atoms with Gasteiger partial charge in [-0.2, -0.15) is 0 Å². The summed E-state index contributed by atoms with van der Waals surface area (Å²) in [7, 11) is 0. The van der Waals surface area contributed by atoms with E-state index in [9.17, 15) is 4.79 Å². The molecule has 0 aliphatic carbocycles. The maximum absolute atomic E-state index is 11.5. The molecule has 1 aromatic carbocycles. The van der Waals surface area contributed by atoms with Crippen molar-refractivity contribution >= 4 is 32.9 Å². The Morgan fingerprint density at radius 2 is 2.24 bits per heavy atom. The van der Waals surface area contributed by atoms with Crippen molar-refractivity contribution in [3.05, 3.63) is 34.0 Å². The molecule has 1 aromatic heterocycles. The van der Waals surface area contributed by atoms with Crippen molar-refractivity contribution in [2.45, 2.75) is 20.3 Å². The number of carbonyl (C=O) groups is 1. The molecular formula is C13H13BrO3. The first-order valence-electron chi connectivity index (χ1n) is 5.45. The molecule has 0 radical (unpaired) electrons. The number of rotatable bonds is 3. The molecule has 0 fully saturated rings. The maximum atomic E-state index is 11.5. The summed E-state index contributed by atoms with van der Waals surface area (Å²) in [6.07, 6.45) is 0.227. The number of benzene rings is 1. The Labute approximate surface area is 108 Å². The monoisotopic (exact) mass is 296 g/mol. The van der Waals surface area contributed by atoms with Gasteiger partial charge in [0.2, 0.25) is 0 Å². The summed E-state index contributed by atoms with van der Waals surface area (Å²) in [5.41, 5.74) is 2.76. The number of carbonyl (C=O) groups excluding carboxylic acids is 1. The van der Waals surface area contributed by atoms with Gasteiger partial charge in [-0.15, -0.1) is 0 Å². The molecule has 0 aliphatic rings. The van der Waals surface area contributed by atoms with Gasteiger partial charge >= 0.3 is 5.97 Å². The first kappa shape index (κ1) is 12.2. The first-order chi connectivity index (χ1) is 8.11. The third-order valence-electron chi connectivity index (χ3n) is 2.53. The second-order valence-electron chi connectivity index (χ2n) is 3.84. The van der Waals surface area contributed by atoms with E-state index >= 15 is 0 Å². The van der Waals surface area contributed by atoms with Crippen LogP contribution in [-0.2, 0) is 16.0 Å². The molecule has 17 heavy (non-hydrogen) atoms. The first-order valence-corrected chi connectivity index (χ1v) is 6.24. The van der Waals surface area contributed by atoms with Gasteiger partial charge in [0, 0.05) is 10.9 Å². The summed E-state index contributed by atoms with van der Waals surface area (Å²) < 4.78 is 11.1. The van der Waals surface area contributed by atoms with Gasteiger partial charge in [0.15, 0.2) is 4.67 Å². The van der Waals surface area contributed by atoms with Crippen LogP contribution in [-0.4, -0.2) is 12.6 Å². The zero-order valence-corrected chi connectivity index (χ0v) is 11.3. The smallest absolute Gasteiger partial charge is 0.310 e. The Balaban J connectivity index is 2.39. The van der Waals surface area contributed by atoms with Crippen LogP contribution in [0.5, 0.6) is 0 Å². The number of furan rings is 1. The van der Waals surface area contributed by atoms with Crippen molar-refractivity contribution < 1.29 is 13.9 Å². The molecule has 0 saturated heterocycles. The Kier molecular flexibility index (Phi) is 3.52. The highest BCUT2D eigenvalue weighted by Crippen LogP contribution is 2.31. The SMILES string of the molecule is CCOC(=O)Cc1c(Br)oc2cc(C)ccc12. The second kappa shape index (κ2) is 4.92. The Bertz CT molecular complexity index is 557. The van der Waals surface area contributed by atoms with E-state index in [0.717, 1.165) is 22.1 Å². The molecule has 90 valence electrons. The molecule has 1 heterocycles. The summed E-state index contributed by atoms with van der Waals surface area (Å²) in [6, 6.07) is 5.92. The highest BCUT2D eigenvalue weighted by Gasteiger charge is 2.16. The number of ether oxygens (including phenoxy) is 1. The molecule has 0 saturated carbocycles. The average Bonchev–Trinajstić information content (AvgIpc) is 2.55. The molecule has 0 unspecified atom stereocenters. The summed E-state index contributed by atoms with van der Waals surface area (Å²) in [4.78, 5) is 11.5. The minimum Gasteiger partial charge on any atom is -0.466 e. The van der Waals surface area contributed by atoms with Crippen molar-refractivity contribution in [2.75, 3.05) is 6.61 Å². The molecule has 2 aromatic rings. The number of hydrogen-bond acceptors (Lipinski definition) is 3. The standard InChI is InChI=1S/C13H13BrO3/c1-3-16-12(15)7-10-9-5-4-8(2)6-11(9)17-13(10)14/h4-6H,3,7H2,1-2H3. The van der Waals surface area contributed by atoms with Gasteiger partial charge < -0.3 is 9.15 Å². The van der Waals surface area contributed by atoms with Crippen LogP contribution in [0.15, 0.2) is 27.3 Å². The molecule has 0 atom stereocenters. The number of fused-ring (bicyclic) bond motifs is 1. The molecule has 0 amide bonds. The highest BCUT2D eigenvalue weighted by atomic mass is 79.9. The van der Waals surface area contributed by atoms with Gasteiger partial charge in [0.1, 0.15) is 5.58 Å². The van der Waals surface area contributed by atoms with E-state index in [2.05, 4.69) is 15.9 Å². The van der Waals surface area contributed by atoms with Crippen LogP contribution in [0.2, 0.25) is 0 Å². The lowest BCUT2D eigenvalue weighted by Gasteiger charge is -2.00. The molecule has 4 heteroatoms. The normalized spacial score (nSPS) is 10.8. The van der Waals surface area contributed by atoms with Crippen LogP contribution in [0, 0.1) is 6.92 Å². The fraction of sp³-hybridized carbons (Fsp3) is 0.308. The molecule has 3 nitrogen and oxygen atoms in total. The number of aryl methyl sites for hydroxylation is 1. The molecule has 0 spiro atoms. The van der Waals surface area contributed by atoms with E-state index in [1.54, 1.807) is 6.92 Å². The van der Waals surface area contributed by atoms with E-state index in [1.807, 2.05) is 25.1 Å². The third-order valence-corrected chi connectivity index (χ3v) is 3.17. The van der Waals surface area contributed by atoms with Crippen LogP contribution < -0.4 is 0 Å². The Hall–Kier alpha value is -1.29. The maximum Gasteiger partial charge on any atom is 0.310 e. The van der Waals surface area contributed by atoms with Gasteiger partial charge in [-0.3, -0.25) is 4.79 Å². The lowest BCUT2D eigenvalue weighted by Crippen LogP contribution is -2.07. The minimum absolute atomic E-state index is 0.227. The topological polar surface area (TPSA) is 39.4 Å². The lowest BCUT2D eigenvalue weighted by atomic mass is 10.1. The number of halogens is 1. The second-order valence-corrected chi connectivity index (χ2v) is 4.56. The Morgan fingerprint density at radius 3 is 2.94 bits per heavy atom. The summed E-state index contributed by atoms with van der Waals surface area (Å²) in [5, 5.41) is 0.954. The van der Waals surface area contributed by atoms with Crippen LogP contribution in [0.3, 0.4) is 0 Å². The predicted octanol–water partition coefficient (Wildman–Crippen LogP) is 3.61. The van der Waals surface area contributed by atoms with Crippen LogP contribution in [0.1, 0.15) is 18.1 Å². The zero-order valence-electron chi connectivity index (χ0n) is 9.75. The van der Waals surface area contributed by atoms with E-state index < -0.39 is 0 Å². The van der Waals surface area contributed by atoms with Crippen molar-refractivity contribution in [1.82, 2.24) is 0 Å². The summed E-state index contributed by atoms with van der Waals surface area (Å²) in [6.45, 7) is 4.19. The van der Waals surface area contributed by atoms with Gasteiger partial charge in [0.25, 0.3) is 0 Å². The van der Waals surface area contributed by atoms with Gasteiger partial charge in [-0.25, -0.2) is 0 Å². The largest absolute Gasteiger partial charge is 0.466 e. The van der Waals surface area contributed by atoms with Crippen LogP contribution in [0.4, 0.5) is 0 Å². The fourth-order valence-electron chi connectivity index (χ4n) is 1.75. The molecule has 0 N–H and O–H groups in total. The van der Waals surface area contributed by atoms with Crippen LogP contribution in [0.25, 0.3) is 11.0 Å². The number of hydrogen-bond donors (Lipinski definition) is 0. The van der Waals surface area contributed by atoms with Gasteiger partial charge in [0.05, 0.1) is 13.0 Å². The van der Waals surface area contributed by atoms with Gasteiger partial charge in [-0.1, -0.05) is 12.1 Å². The zero-order chi connectivity index (χ0) is 12.4. The van der Waals surface area contributed by atoms with E-state index in [1.165, 1.54) is 0 Å². The Morgan fingerprint density at radius 1 is 1.47 bits per heavy atom. The molecular weight excluding hydrogens is 284 g/mol. The molecule has 2 rings (SSSR count). The summed E-state index contributed by atoms with van der Waals surface area (Å²) >= 11 is 3.34. The quantitative estimate of drug-likeness (QED) is 0.812. The fourth-order valence-corrected chi connectivity index (χ4v) is 2.28. The van der Waals surface area contributed by atoms with E-state index in [-0.39, 0.29) is 12.4 Å². The molecule has 0 bridgehead atoms. The predicted molar refractivity (Wildman–Crippen MR) is 69.0 cm³/mol. The van der Waals surface area contributed by atoms with Crippen LogP contribution >= 0.6 is 15.9 Å². The van der Waals surface area contributed by atoms with Crippen molar-refractivity contribution in [3.63, 3.8) is 0 Å². The molecule has 0 aliphatic heterocycles. The van der Waals surface area contributed by atoms with Gasteiger partial charge in [-0.05, 0) is 41.4 Å². The third kappa shape index (κ3) is 2.52. The van der Waals surface area contributed by atoms with Crippen molar-refractivity contribution in [3.8, 4) is 0 Å². The average molecular weight is 297 g/mol. The lowest BCUT2D eigenvalue weighted by molar-refractivity contribution is -0.142. The van der Waals surface area contributed by atoms with Crippen molar-refractivity contribution in [2.24, 2.45) is 0 Å².